The Balaban J connectivity index is 1.49. The molecule has 0 nitrogen and oxygen atoms in total. The molecule has 6 rings (SSSR count). The highest BCUT2D eigenvalue weighted by Crippen LogP contribution is 2.39. The van der Waals surface area contributed by atoms with Gasteiger partial charge in [-0.05, 0) is 80.4 Å². The van der Waals surface area contributed by atoms with Crippen LogP contribution in [-0.2, 0) is 0 Å². The van der Waals surface area contributed by atoms with Gasteiger partial charge in [0, 0.05) is 0 Å². The van der Waals surface area contributed by atoms with E-state index in [0.717, 1.165) is 0 Å². The van der Waals surface area contributed by atoms with Crippen molar-refractivity contribution in [1.29, 1.82) is 0 Å². The minimum atomic E-state index is 1.19. The van der Waals surface area contributed by atoms with Crippen LogP contribution in [0, 0.1) is 13.8 Å². The number of hydrogen-bond acceptors (Lipinski definition) is 0. The van der Waals surface area contributed by atoms with Gasteiger partial charge < -0.3 is 0 Å². The van der Waals surface area contributed by atoms with Gasteiger partial charge >= 0.3 is 0 Å². The first-order chi connectivity index (χ1) is 17.7. The number of aryl methyl sites for hydroxylation is 2. The Bertz CT molecular complexity index is 1640. The molecule has 0 amide bonds. The molecule has 0 aliphatic carbocycles. The van der Waals surface area contributed by atoms with Gasteiger partial charge in [-0.15, -0.1) is 0 Å². The first-order valence-corrected chi connectivity index (χ1v) is 12.5. The van der Waals surface area contributed by atoms with Crippen LogP contribution in [-0.4, -0.2) is 0 Å². The summed E-state index contributed by atoms with van der Waals surface area (Å²) < 4.78 is 0. The van der Waals surface area contributed by atoms with Gasteiger partial charge in [0.25, 0.3) is 0 Å². The van der Waals surface area contributed by atoms with Crippen LogP contribution in [0.15, 0.2) is 127 Å². The van der Waals surface area contributed by atoms with E-state index < -0.39 is 0 Å². The van der Waals surface area contributed by atoms with Gasteiger partial charge in [-0.3, -0.25) is 0 Å². The van der Waals surface area contributed by atoms with Crippen molar-refractivity contribution in [2.45, 2.75) is 13.8 Å². The van der Waals surface area contributed by atoms with Crippen LogP contribution in [0.3, 0.4) is 0 Å². The third kappa shape index (κ3) is 4.01. The van der Waals surface area contributed by atoms with E-state index in [1.165, 1.54) is 66.1 Å². The zero-order valence-corrected chi connectivity index (χ0v) is 20.7. The van der Waals surface area contributed by atoms with Crippen LogP contribution in [0.5, 0.6) is 0 Å². The molecule has 0 spiro atoms. The zero-order chi connectivity index (χ0) is 24.5. The van der Waals surface area contributed by atoms with Crippen LogP contribution in [0.4, 0.5) is 0 Å². The average Bonchev–Trinajstić information content (AvgIpc) is 2.94. The highest BCUT2D eigenvalue weighted by atomic mass is 14.2. The van der Waals surface area contributed by atoms with Gasteiger partial charge in [0.05, 0.1) is 0 Å². The summed E-state index contributed by atoms with van der Waals surface area (Å²) in [6.45, 7) is 4.37. The predicted molar refractivity (Wildman–Crippen MR) is 156 cm³/mol. The summed E-state index contributed by atoms with van der Waals surface area (Å²) in [5, 5.41) is 5.25. The maximum absolute atomic E-state index is 2.30. The molecule has 0 saturated carbocycles. The molecular formula is C36H28. The zero-order valence-electron chi connectivity index (χ0n) is 20.7. The summed E-state index contributed by atoms with van der Waals surface area (Å²) in [6, 6.07) is 46.0. The Hall–Kier alpha value is -4.42. The maximum atomic E-state index is 2.30. The van der Waals surface area contributed by atoms with Crippen LogP contribution >= 0.6 is 0 Å². The number of hydrogen-bond donors (Lipinski definition) is 0. The van der Waals surface area contributed by atoms with Gasteiger partial charge in [-0.25, -0.2) is 0 Å². The van der Waals surface area contributed by atoms with Crippen molar-refractivity contribution >= 4 is 33.2 Å². The minimum absolute atomic E-state index is 1.19. The molecule has 0 unspecified atom stereocenters. The van der Waals surface area contributed by atoms with E-state index in [0.29, 0.717) is 0 Å². The molecule has 0 radical (unpaired) electrons. The van der Waals surface area contributed by atoms with Crippen LogP contribution < -0.4 is 0 Å². The second-order valence-electron chi connectivity index (χ2n) is 9.50. The van der Waals surface area contributed by atoms with E-state index in [1.54, 1.807) is 0 Å². The van der Waals surface area contributed by atoms with Crippen molar-refractivity contribution in [3.8, 4) is 11.1 Å². The van der Waals surface area contributed by atoms with Crippen LogP contribution in [0.25, 0.3) is 44.3 Å². The third-order valence-electron chi connectivity index (χ3n) is 7.16. The van der Waals surface area contributed by atoms with Crippen molar-refractivity contribution in [1.82, 2.24) is 0 Å². The van der Waals surface area contributed by atoms with E-state index in [2.05, 4.69) is 147 Å². The topological polar surface area (TPSA) is 0 Å². The largest absolute Gasteiger partial charge is 0.0622 e. The average molecular weight is 461 g/mol. The van der Waals surface area contributed by atoms with Crippen LogP contribution in [0.1, 0.15) is 27.8 Å². The molecule has 0 fully saturated rings. The van der Waals surface area contributed by atoms with E-state index in [9.17, 15) is 0 Å². The molecule has 0 atom stereocenters. The lowest BCUT2D eigenvalue weighted by atomic mass is 9.88. The predicted octanol–water partition coefficient (Wildman–Crippen LogP) is 9.87. The molecule has 0 N–H and O–H groups in total. The Morgan fingerprint density at radius 1 is 0.472 bits per heavy atom. The molecule has 0 aliphatic rings. The fourth-order valence-corrected chi connectivity index (χ4v) is 5.25. The quantitative estimate of drug-likeness (QED) is 0.181. The molecule has 0 heteroatoms. The van der Waals surface area contributed by atoms with Crippen molar-refractivity contribution < 1.29 is 0 Å². The van der Waals surface area contributed by atoms with Gasteiger partial charge in [0.1, 0.15) is 0 Å². The first-order valence-electron chi connectivity index (χ1n) is 12.5. The van der Waals surface area contributed by atoms with Gasteiger partial charge in [-0.2, -0.15) is 0 Å². The Labute approximate surface area is 213 Å². The molecule has 6 aromatic carbocycles. The van der Waals surface area contributed by atoms with E-state index in [-0.39, 0.29) is 0 Å². The summed E-state index contributed by atoms with van der Waals surface area (Å²) in [4.78, 5) is 0. The van der Waals surface area contributed by atoms with Crippen LogP contribution in [0.2, 0.25) is 0 Å². The summed E-state index contributed by atoms with van der Waals surface area (Å²) in [5.41, 5.74) is 10.0. The lowest BCUT2D eigenvalue weighted by Crippen LogP contribution is -1.90. The van der Waals surface area contributed by atoms with Crippen molar-refractivity contribution in [2.75, 3.05) is 0 Å². The molecule has 0 heterocycles. The normalized spacial score (nSPS) is 11.8. The maximum Gasteiger partial charge on any atom is -0.00266 e. The molecular weight excluding hydrogens is 432 g/mol. The standard InChI is InChI=1S/C36H28/c1-25-16-20-29(21-17-25)35(28-10-4-3-5-11-28)24-27-18-22-30(23-19-27)36-33-14-8-6-12-31(33)26(2)32-13-7-9-15-34(32)36/h3-24H,1-2H3/b35-24+. The fraction of sp³-hybridized carbons (Fsp3) is 0.0556. The van der Waals surface area contributed by atoms with Crippen molar-refractivity contribution in [3.05, 3.63) is 155 Å². The fourth-order valence-electron chi connectivity index (χ4n) is 5.25. The molecule has 0 aromatic heterocycles. The SMILES string of the molecule is Cc1ccc(/C(=C/c2ccc(-c3c4ccccc4c(C)c4ccccc34)cc2)c2ccccc2)cc1. The molecule has 6 aromatic rings. The molecule has 0 saturated heterocycles. The Morgan fingerprint density at radius 2 is 0.972 bits per heavy atom. The monoisotopic (exact) mass is 460 g/mol. The van der Waals surface area contributed by atoms with E-state index >= 15 is 0 Å². The molecule has 36 heavy (non-hydrogen) atoms. The van der Waals surface area contributed by atoms with E-state index in [4.69, 9.17) is 0 Å². The number of fused-ring (bicyclic) bond motifs is 2. The Morgan fingerprint density at radius 3 is 1.56 bits per heavy atom. The molecule has 0 bridgehead atoms. The summed E-state index contributed by atoms with van der Waals surface area (Å²) >= 11 is 0. The molecule has 0 aliphatic heterocycles. The second-order valence-corrected chi connectivity index (χ2v) is 9.50. The summed E-state index contributed by atoms with van der Waals surface area (Å²) in [5.74, 6) is 0. The first kappa shape index (κ1) is 22.1. The number of benzene rings is 6. The highest BCUT2D eigenvalue weighted by molar-refractivity contribution is 6.14. The summed E-state index contributed by atoms with van der Waals surface area (Å²) in [7, 11) is 0. The number of rotatable bonds is 4. The third-order valence-corrected chi connectivity index (χ3v) is 7.16. The highest BCUT2D eigenvalue weighted by Gasteiger charge is 2.13. The smallest absolute Gasteiger partial charge is 0.00266 e. The minimum Gasteiger partial charge on any atom is -0.0622 e. The lowest BCUT2D eigenvalue weighted by molar-refractivity contribution is 1.45. The van der Waals surface area contributed by atoms with Crippen molar-refractivity contribution in [2.24, 2.45) is 0 Å². The molecule has 172 valence electrons. The van der Waals surface area contributed by atoms with Crippen molar-refractivity contribution in [3.63, 3.8) is 0 Å². The van der Waals surface area contributed by atoms with Gasteiger partial charge in [0.2, 0.25) is 0 Å². The van der Waals surface area contributed by atoms with Gasteiger partial charge in [0.15, 0.2) is 0 Å². The second kappa shape index (κ2) is 9.32. The lowest BCUT2D eigenvalue weighted by Gasteiger charge is -2.15. The Kier molecular flexibility index (Phi) is 5.71. The summed E-state index contributed by atoms with van der Waals surface area (Å²) in [6.07, 6.45) is 2.30. The van der Waals surface area contributed by atoms with Gasteiger partial charge in [-0.1, -0.05) is 133 Å². The van der Waals surface area contributed by atoms with E-state index in [1.807, 2.05) is 0 Å².